The van der Waals surface area contributed by atoms with Gasteiger partial charge in [-0.2, -0.15) is 23.4 Å². The summed E-state index contributed by atoms with van der Waals surface area (Å²) in [6.07, 6.45) is -0.629. The standard InChI is InChI=1S/C33H25F4N7O3S2/c1-2-24(45)42-9-11-43(12-10-42)31-20-13-22(33(35,36)37)26(19-3-4-23(34)28-25(19)21(14-38)30(39)49-28)29-27(20)44(32(46)41-31)17(16-48-29)15-47-18-5-7-40-8-6-18/h2-8,13,17H,1,9-12,15-16,39H2. The molecule has 5 aromatic rings. The molecule has 2 aliphatic heterocycles. The molecule has 0 bridgehead atoms. The van der Waals surface area contributed by atoms with E-state index >= 15 is 17.6 Å². The molecule has 49 heavy (non-hydrogen) atoms. The van der Waals surface area contributed by atoms with Crippen LogP contribution in [0.15, 0.2) is 65.1 Å². The van der Waals surface area contributed by atoms with Gasteiger partial charge in [-0.3, -0.25) is 14.3 Å². The molecule has 1 unspecified atom stereocenters. The van der Waals surface area contributed by atoms with Gasteiger partial charge in [0.25, 0.3) is 0 Å². The fraction of sp³-hybridized carbons (Fsp3) is 0.242. The van der Waals surface area contributed by atoms with Gasteiger partial charge in [-0.25, -0.2) is 9.18 Å². The number of nitrogens with zero attached hydrogens (tertiary/aromatic N) is 6. The molecule has 0 spiro atoms. The van der Waals surface area contributed by atoms with Gasteiger partial charge < -0.3 is 20.3 Å². The molecule has 1 atom stereocenters. The lowest BCUT2D eigenvalue weighted by Gasteiger charge is -2.37. The molecule has 1 saturated heterocycles. The van der Waals surface area contributed by atoms with Crippen LogP contribution in [0.1, 0.15) is 17.2 Å². The number of carbonyl (C=O) groups is 1. The minimum absolute atomic E-state index is 0.00558. The number of rotatable bonds is 6. The number of piperazine rings is 1. The molecule has 1 fully saturated rings. The number of thiophene rings is 1. The quantitative estimate of drug-likeness (QED) is 0.171. The zero-order chi connectivity index (χ0) is 34.6. The number of nitrogens with two attached hydrogens (primary N) is 1. The number of benzene rings is 2. The molecule has 0 radical (unpaired) electrons. The molecule has 3 aromatic heterocycles. The van der Waals surface area contributed by atoms with Crippen molar-refractivity contribution in [1.29, 1.82) is 5.26 Å². The van der Waals surface area contributed by atoms with Crippen molar-refractivity contribution in [2.45, 2.75) is 17.1 Å². The van der Waals surface area contributed by atoms with E-state index in [1.165, 1.54) is 16.7 Å². The van der Waals surface area contributed by atoms with Crippen LogP contribution in [0.2, 0.25) is 0 Å². The van der Waals surface area contributed by atoms with Gasteiger partial charge in [0.1, 0.15) is 35.1 Å². The van der Waals surface area contributed by atoms with Gasteiger partial charge in [-0.15, -0.1) is 23.1 Å². The van der Waals surface area contributed by atoms with Gasteiger partial charge in [0.2, 0.25) is 5.91 Å². The number of nitrogen functional groups attached to an aromatic ring is 1. The molecule has 2 aliphatic rings. The van der Waals surface area contributed by atoms with Crippen LogP contribution in [-0.4, -0.2) is 63.9 Å². The summed E-state index contributed by atoms with van der Waals surface area (Å²) in [7, 11) is 0. The SMILES string of the molecule is C=CC(=O)N1CCN(c2nc(=O)n3c4c(c(-c5ccc(F)c6sc(N)c(C#N)c56)c(C(F)(F)F)cc24)SCC3COc2ccncc2)CC1. The van der Waals surface area contributed by atoms with E-state index in [1.54, 1.807) is 34.3 Å². The molecule has 2 N–H and O–H groups in total. The van der Waals surface area contributed by atoms with Crippen molar-refractivity contribution in [3.8, 4) is 22.9 Å². The van der Waals surface area contributed by atoms with Crippen molar-refractivity contribution in [2.24, 2.45) is 0 Å². The first-order chi connectivity index (χ1) is 23.5. The van der Waals surface area contributed by atoms with E-state index in [2.05, 4.69) is 16.5 Å². The number of hydrogen-bond acceptors (Lipinski definition) is 10. The van der Waals surface area contributed by atoms with Crippen LogP contribution in [-0.2, 0) is 11.0 Å². The molecule has 0 aliphatic carbocycles. The third-order valence-electron chi connectivity index (χ3n) is 8.59. The number of aromatic nitrogens is 3. The van der Waals surface area contributed by atoms with Crippen molar-refractivity contribution >= 4 is 60.8 Å². The second kappa shape index (κ2) is 12.4. The van der Waals surface area contributed by atoms with Crippen LogP contribution in [0.3, 0.4) is 0 Å². The Labute approximate surface area is 284 Å². The van der Waals surface area contributed by atoms with E-state index in [0.29, 0.717) is 5.75 Å². The number of carbonyl (C=O) groups excluding carboxylic acids is 1. The van der Waals surface area contributed by atoms with Crippen LogP contribution in [0.5, 0.6) is 5.75 Å². The molecule has 10 nitrogen and oxygen atoms in total. The Hall–Kier alpha value is -5.14. The third-order valence-corrected chi connectivity index (χ3v) is 10.9. The minimum Gasteiger partial charge on any atom is -0.491 e. The van der Waals surface area contributed by atoms with Gasteiger partial charge in [0, 0.05) is 65.6 Å². The highest BCUT2D eigenvalue weighted by Gasteiger charge is 2.40. The van der Waals surface area contributed by atoms with E-state index in [0.717, 1.165) is 35.2 Å². The Morgan fingerprint density at radius 3 is 2.59 bits per heavy atom. The summed E-state index contributed by atoms with van der Waals surface area (Å²) in [6.45, 7) is 4.44. The predicted molar refractivity (Wildman–Crippen MR) is 179 cm³/mol. The number of ether oxygens (including phenoxy) is 1. The number of thioether (sulfide) groups is 1. The molecule has 7 rings (SSSR count). The Kier molecular flexibility index (Phi) is 8.19. The summed E-state index contributed by atoms with van der Waals surface area (Å²) in [5, 5.41) is 9.98. The monoisotopic (exact) mass is 707 g/mol. The van der Waals surface area contributed by atoms with Gasteiger partial charge in [0.15, 0.2) is 0 Å². The highest BCUT2D eigenvalue weighted by Crippen LogP contribution is 2.52. The summed E-state index contributed by atoms with van der Waals surface area (Å²) in [5.41, 5.74) is 4.09. The largest absolute Gasteiger partial charge is 0.491 e. The molecule has 0 saturated carbocycles. The number of halogens is 4. The minimum atomic E-state index is -4.91. The summed E-state index contributed by atoms with van der Waals surface area (Å²) in [6, 6.07) is 7.84. The van der Waals surface area contributed by atoms with Crippen LogP contribution in [0.25, 0.3) is 32.1 Å². The smallest absolute Gasteiger partial charge is 0.417 e. The van der Waals surface area contributed by atoms with Crippen LogP contribution in [0, 0.1) is 17.1 Å². The maximum absolute atomic E-state index is 15.2. The highest BCUT2D eigenvalue weighted by atomic mass is 32.2. The van der Waals surface area contributed by atoms with E-state index < -0.39 is 29.3 Å². The first kappa shape index (κ1) is 32.4. The normalized spacial score (nSPS) is 16.2. The van der Waals surface area contributed by atoms with E-state index in [1.807, 2.05) is 6.07 Å². The molecule has 250 valence electrons. The maximum Gasteiger partial charge on any atom is 0.417 e. The van der Waals surface area contributed by atoms with Crippen molar-refractivity contribution in [3.63, 3.8) is 0 Å². The number of pyridine rings is 1. The van der Waals surface area contributed by atoms with Crippen LogP contribution < -0.4 is 21.1 Å². The topological polar surface area (TPSA) is 130 Å². The lowest BCUT2D eigenvalue weighted by Crippen LogP contribution is -2.49. The fourth-order valence-corrected chi connectivity index (χ4v) is 8.61. The second-order valence-corrected chi connectivity index (χ2v) is 13.4. The van der Waals surface area contributed by atoms with Crippen LogP contribution >= 0.6 is 23.1 Å². The van der Waals surface area contributed by atoms with Gasteiger partial charge in [-0.1, -0.05) is 12.6 Å². The second-order valence-electron chi connectivity index (χ2n) is 11.3. The Morgan fingerprint density at radius 2 is 1.92 bits per heavy atom. The predicted octanol–water partition coefficient (Wildman–Crippen LogP) is 5.85. The summed E-state index contributed by atoms with van der Waals surface area (Å²) >= 11 is 1.90. The maximum atomic E-state index is 15.2. The summed E-state index contributed by atoms with van der Waals surface area (Å²) in [5.74, 6) is -0.311. The van der Waals surface area contributed by atoms with Crippen molar-refractivity contribution < 1.29 is 27.1 Å². The highest BCUT2D eigenvalue weighted by molar-refractivity contribution is 7.99. The molecular weight excluding hydrogens is 683 g/mol. The molecule has 16 heteroatoms. The molecular formula is C33H25F4N7O3S2. The lowest BCUT2D eigenvalue weighted by molar-refractivity contribution is -0.137. The number of nitriles is 1. The molecule has 1 amide bonds. The Morgan fingerprint density at radius 1 is 1.18 bits per heavy atom. The molecule has 5 heterocycles. The van der Waals surface area contributed by atoms with E-state index in [-0.39, 0.29) is 97.8 Å². The van der Waals surface area contributed by atoms with E-state index in [9.17, 15) is 14.9 Å². The first-order valence-corrected chi connectivity index (χ1v) is 16.7. The number of fused-ring (bicyclic) bond motifs is 1. The van der Waals surface area contributed by atoms with E-state index in [4.69, 9.17) is 10.5 Å². The summed E-state index contributed by atoms with van der Waals surface area (Å²) in [4.78, 5) is 37.9. The number of amides is 1. The number of anilines is 2. The van der Waals surface area contributed by atoms with Gasteiger partial charge >= 0.3 is 11.9 Å². The molecule has 2 aromatic carbocycles. The zero-order valence-electron chi connectivity index (χ0n) is 25.5. The van der Waals surface area contributed by atoms with Crippen molar-refractivity contribution in [3.05, 3.63) is 82.8 Å². The lowest BCUT2D eigenvalue weighted by atomic mass is 9.92. The van der Waals surface area contributed by atoms with Crippen molar-refractivity contribution in [2.75, 3.05) is 49.2 Å². The number of hydrogen-bond donors (Lipinski definition) is 1. The zero-order valence-corrected chi connectivity index (χ0v) is 27.1. The Bertz CT molecular complexity index is 2260. The van der Waals surface area contributed by atoms with Crippen LogP contribution in [0.4, 0.5) is 28.4 Å². The average Bonchev–Trinajstić information content (AvgIpc) is 3.45. The van der Waals surface area contributed by atoms with Gasteiger partial charge in [0.05, 0.1) is 27.4 Å². The number of alkyl halides is 3. The fourth-order valence-electron chi connectivity index (χ4n) is 6.35. The first-order valence-electron chi connectivity index (χ1n) is 14.9. The average molecular weight is 708 g/mol. The van der Waals surface area contributed by atoms with Gasteiger partial charge in [-0.05, 0) is 35.9 Å². The summed E-state index contributed by atoms with van der Waals surface area (Å²) < 4.78 is 68.0. The Balaban J connectivity index is 1.51. The third kappa shape index (κ3) is 5.52. The van der Waals surface area contributed by atoms with Crippen molar-refractivity contribution in [1.82, 2.24) is 19.4 Å².